The number of nitriles is 1. The first-order valence-electron chi connectivity index (χ1n) is 7.16. The number of aromatic nitrogens is 2. The zero-order valence-corrected chi connectivity index (χ0v) is 12.2. The van der Waals surface area contributed by atoms with Crippen LogP contribution in [0.15, 0.2) is 42.6 Å². The van der Waals surface area contributed by atoms with Gasteiger partial charge < -0.3 is 4.74 Å². The third-order valence-electron chi connectivity index (χ3n) is 3.01. The van der Waals surface area contributed by atoms with Gasteiger partial charge in [0.2, 0.25) is 0 Å². The van der Waals surface area contributed by atoms with Crippen molar-refractivity contribution in [1.29, 1.82) is 5.26 Å². The monoisotopic (exact) mass is 298 g/mol. The molecule has 6 heteroatoms. The van der Waals surface area contributed by atoms with Crippen LogP contribution in [0.3, 0.4) is 0 Å². The fourth-order valence-corrected chi connectivity index (χ4v) is 1.89. The van der Waals surface area contributed by atoms with Crippen molar-refractivity contribution in [2.75, 3.05) is 5.32 Å². The standard InChI is InChI=1S/C16H18N4O2/c17-10-5-2-6-11-20-12-9-15(19-20)18-16(21)22-13-14-7-3-1-4-8-14/h1,3-4,7-9,12H,2,5-6,11,13H2,(H,18,19,21). The van der Waals surface area contributed by atoms with Gasteiger partial charge >= 0.3 is 6.09 Å². The maximum atomic E-state index is 11.7. The van der Waals surface area contributed by atoms with E-state index in [0.717, 1.165) is 24.9 Å². The zero-order chi connectivity index (χ0) is 15.6. The number of nitrogens with one attached hydrogen (secondary N) is 1. The quantitative estimate of drug-likeness (QED) is 0.795. The van der Waals surface area contributed by atoms with Crippen LogP contribution in [0.25, 0.3) is 0 Å². The van der Waals surface area contributed by atoms with Crippen molar-refractivity contribution in [1.82, 2.24) is 9.78 Å². The number of ether oxygens (including phenoxy) is 1. The number of aryl methyl sites for hydroxylation is 1. The molecule has 0 aliphatic carbocycles. The van der Waals surface area contributed by atoms with E-state index in [1.165, 1.54) is 0 Å². The summed E-state index contributed by atoms with van der Waals surface area (Å²) in [6.45, 7) is 0.948. The summed E-state index contributed by atoms with van der Waals surface area (Å²) in [4.78, 5) is 11.7. The molecule has 0 aliphatic rings. The smallest absolute Gasteiger partial charge is 0.413 e. The second-order valence-electron chi connectivity index (χ2n) is 4.77. The van der Waals surface area contributed by atoms with Crippen molar-refractivity contribution in [3.05, 3.63) is 48.2 Å². The van der Waals surface area contributed by atoms with Crippen LogP contribution in [0.1, 0.15) is 24.8 Å². The van der Waals surface area contributed by atoms with Gasteiger partial charge in [-0.05, 0) is 18.4 Å². The molecule has 1 amide bonds. The number of carbonyl (C=O) groups is 1. The lowest BCUT2D eigenvalue weighted by atomic mass is 10.2. The first kappa shape index (κ1) is 15.6. The minimum Gasteiger partial charge on any atom is -0.444 e. The molecule has 0 unspecified atom stereocenters. The first-order valence-corrected chi connectivity index (χ1v) is 7.16. The highest BCUT2D eigenvalue weighted by atomic mass is 16.5. The van der Waals surface area contributed by atoms with Gasteiger partial charge in [-0.25, -0.2) is 4.79 Å². The van der Waals surface area contributed by atoms with Gasteiger partial charge in [-0.3, -0.25) is 10.00 Å². The molecule has 114 valence electrons. The number of rotatable bonds is 7. The lowest BCUT2D eigenvalue weighted by Crippen LogP contribution is -2.14. The summed E-state index contributed by atoms with van der Waals surface area (Å²) in [6.07, 6.45) is 3.54. The molecule has 1 aromatic heterocycles. The summed E-state index contributed by atoms with van der Waals surface area (Å²) in [7, 11) is 0. The molecular formula is C16H18N4O2. The van der Waals surface area contributed by atoms with Gasteiger partial charge in [0.05, 0.1) is 6.07 Å². The van der Waals surface area contributed by atoms with E-state index in [9.17, 15) is 4.79 Å². The van der Waals surface area contributed by atoms with Gasteiger partial charge in [0.15, 0.2) is 5.82 Å². The molecule has 2 rings (SSSR count). The van der Waals surface area contributed by atoms with Crippen LogP contribution in [-0.4, -0.2) is 15.9 Å². The number of carbonyl (C=O) groups excluding carboxylic acids is 1. The van der Waals surface area contributed by atoms with Gasteiger partial charge in [-0.15, -0.1) is 0 Å². The third kappa shape index (κ3) is 5.29. The van der Waals surface area contributed by atoms with E-state index >= 15 is 0 Å². The van der Waals surface area contributed by atoms with Crippen molar-refractivity contribution < 1.29 is 9.53 Å². The van der Waals surface area contributed by atoms with Crippen molar-refractivity contribution in [2.24, 2.45) is 0 Å². The number of amides is 1. The van der Waals surface area contributed by atoms with Crippen molar-refractivity contribution >= 4 is 11.9 Å². The molecule has 0 spiro atoms. The van der Waals surface area contributed by atoms with Crippen LogP contribution in [0.4, 0.5) is 10.6 Å². The molecule has 0 radical (unpaired) electrons. The van der Waals surface area contributed by atoms with Crippen LogP contribution in [-0.2, 0) is 17.9 Å². The minimum absolute atomic E-state index is 0.224. The average Bonchev–Trinajstić information content (AvgIpc) is 2.98. The molecule has 22 heavy (non-hydrogen) atoms. The molecule has 1 N–H and O–H groups in total. The summed E-state index contributed by atoms with van der Waals surface area (Å²) >= 11 is 0. The lowest BCUT2D eigenvalue weighted by molar-refractivity contribution is 0.155. The highest BCUT2D eigenvalue weighted by molar-refractivity contribution is 5.83. The second-order valence-corrected chi connectivity index (χ2v) is 4.77. The van der Waals surface area contributed by atoms with E-state index in [0.29, 0.717) is 12.2 Å². The topological polar surface area (TPSA) is 79.9 Å². The molecule has 0 bridgehead atoms. The highest BCUT2D eigenvalue weighted by Crippen LogP contribution is 2.06. The highest BCUT2D eigenvalue weighted by Gasteiger charge is 2.06. The number of hydrogen-bond acceptors (Lipinski definition) is 4. The molecular weight excluding hydrogens is 280 g/mol. The molecule has 2 aromatic rings. The Hall–Kier alpha value is -2.81. The summed E-state index contributed by atoms with van der Waals surface area (Å²) in [5.41, 5.74) is 0.931. The Kier molecular flexibility index (Phi) is 6.00. The summed E-state index contributed by atoms with van der Waals surface area (Å²) in [6, 6.07) is 13.3. The Morgan fingerprint density at radius 3 is 2.86 bits per heavy atom. The van der Waals surface area contributed by atoms with Crippen molar-refractivity contribution in [2.45, 2.75) is 32.4 Å². The SMILES string of the molecule is N#CCCCCn1ccc(NC(=O)OCc2ccccc2)n1. The Bertz CT molecular complexity index is 631. The summed E-state index contributed by atoms with van der Waals surface area (Å²) < 4.78 is 6.86. The molecule has 6 nitrogen and oxygen atoms in total. The normalized spacial score (nSPS) is 9.95. The predicted octanol–water partition coefficient (Wildman–Crippen LogP) is 3.33. The number of unbranched alkanes of at least 4 members (excludes halogenated alkanes) is 2. The van der Waals surface area contributed by atoms with E-state index in [4.69, 9.17) is 10.00 Å². The molecule has 0 fully saturated rings. The van der Waals surface area contributed by atoms with Crippen molar-refractivity contribution in [3.8, 4) is 6.07 Å². The fourth-order valence-electron chi connectivity index (χ4n) is 1.89. The van der Waals surface area contributed by atoms with Gasteiger partial charge in [-0.1, -0.05) is 30.3 Å². The molecule has 0 saturated heterocycles. The van der Waals surface area contributed by atoms with Gasteiger partial charge in [0.25, 0.3) is 0 Å². The van der Waals surface area contributed by atoms with Gasteiger partial charge in [0.1, 0.15) is 6.61 Å². The van der Waals surface area contributed by atoms with E-state index in [-0.39, 0.29) is 6.61 Å². The molecule has 1 aromatic carbocycles. The van der Waals surface area contributed by atoms with Crippen LogP contribution < -0.4 is 5.32 Å². The van der Waals surface area contributed by atoms with Gasteiger partial charge in [0, 0.05) is 25.2 Å². The first-order chi connectivity index (χ1) is 10.8. The van der Waals surface area contributed by atoms with Crippen LogP contribution in [0.2, 0.25) is 0 Å². The Balaban J connectivity index is 1.73. The maximum Gasteiger partial charge on any atom is 0.413 e. The summed E-state index contributed by atoms with van der Waals surface area (Å²) in [5, 5.41) is 15.3. The van der Waals surface area contributed by atoms with Crippen molar-refractivity contribution in [3.63, 3.8) is 0 Å². The van der Waals surface area contributed by atoms with E-state index in [1.54, 1.807) is 16.9 Å². The number of anilines is 1. The summed E-state index contributed by atoms with van der Waals surface area (Å²) in [5.74, 6) is 0.457. The Morgan fingerprint density at radius 1 is 1.27 bits per heavy atom. The Morgan fingerprint density at radius 2 is 2.09 bits per heavy atom. The Labute approximate surface area is 129 Å². The largest absolute Gasteiger partial charge is 0.444 e. The van der Waals surface area contributed by atoms with E-state index in [1.807, 2.05) is 30.3 Å². The maximum absolute atomic E-state index is 11.7. The fraction of sp³-hybridized carbons (Fsp3) is 0.312. The average molecular weight is 298 g/mol. The predicted molar refractivity (Wildman–Crippen MR) is 81.9 cm³/mol. The second kappa shape index (κ2) is 8.47. The third-order valence-corrected chi connectivity index (χ3v) is 3.01. The molecule has 0 saturated carbocycles. The number of hydrogen-bond donors (Lipinski definition) is 1. The molecule has 0 atom stereocenters. The van der Waals surface area contributed by atoms with Crippen LogP contribution in [0, 0.1) is 11.3 Å². The minimum atomic E-state index is -0.529. The molecule has 1 heterocycles. The number of nitrogens with zero attached hydrogens (tertiary/aromatic N) is 3. The molecule has 0 aliphatic heterocycles. The van der Waals surface area contributed by atoms with Gasteiger partial charge in [-0.2, -0.15) is 10.4 Å². The lowest BCUT2D eigenvalue weighted by Gasteiger charge is -2.05. The van der Waals surface area contributed by atoms with Crippen LogP contribution >= 0.6 is 0 Å². The van der Waals surface area contributed by atoms with E-state index in [2.05, 4.69) is 16.5 Å². The van der Waals surface area contributed by atoms with Crippen LogP contribution in [0.5, 0.6) is 0 Å². The number of benzene rings is 1. The zero-order valence-electron chi connectivity index (χ0n) is 12.2. The van der Waals surface area contributed by atoms with E-state index < -0.39 is 6.09 Å².